The van der Waals surface area contributed by atoms with Gasteiger partial charge in [0.1, 0.15) is 18.0 Å². The smallest absolute Gasteiger partial charge is 0.282 e. The highest BCUT2D eigenvalue weighted by atomic mass is 79.9. The van der Waals surface area contributed by atoms with Crippen LogP contribution in [0.5, 0.6) is 11.5 Å². The van der Waals surface area contributed by atoms with E-state index in [1.165, 1.54) is 24.1 Å². The first-order valence-electron chi connectivity index (χ1n) is 12.4. The number of rotatable bonds is 7. The van der Waals surface area contributed by atoms with Crippen LogP contribution >= 0.6 is 27.5 Å². The van der Waals surface area contributed by atoms with Crippen molar-refractivity contribution in [3.8, 4) is 23.1 Å². The molecule has 0 saturated heterocycles. The monoisotopic (exact) mass is 631 g/mol. The van der Waals surface area contributed by atoms with Gasteiger partial charge in [-0.15, -0.1) is 0 Å². The molecule has 0 fully saturated rings. The van der Waals surface area contributed by atoms with Crippen LogP contribution in [0.15, 0.2) is 104 Å². The first kappa shape index (κ1) is 26.7. The molecule has 2 aromatic heterocycles. The number of methoxy groups -OCH3 is 1. The van der Waals surface area contributed by atoms with E-state index in [0.29, 0.717) is 54.4 Å². The van der Waals surface area contributed by atoms with Crippen molar-refractivity contribution in [2.75, 3.05) is 7.11 Å². The van der Waals surface area contributed by atoms with Gasteiger partial charge in [-0.1, -0.05) is 41.9 Å². The Morgan fingerprint density at radius 3 is 2.68 bits per heavy atom. The van der Waals surface area contributed by atoms with Crippen molar-refractivity contribution < 1.29 is 18.3 Å². The number of hydrogen-bond donors (Lipinski definition) is 0. The van der Waals surface area contributed by atoms with E-state index in [-0.39, 0.29) is 23.8 Å². The van der Waals surface area contributed by atoms with Gasteiger partial charge >= 0.3 is 0 Å². The standard InChI is InChI=1S/C31H20BrClFN3O4/c1-39-27-14-20(23(32)15-28(27)40-17-18-6-2-4-8-24(18)34)16-35-37-30(36-25-9-5-3-7-22(25)31(37)38)29-13-19-12-21(33)10-11-26(19)41-29/h2-16H,17H2,1H3. The van der Waals surface area contributed by atoms with Crippen LogP contribution in [-0.2, 0) is 6.61 Å². The van der Waals surface area contributed by atoms with E-state index in [1.54, 1.807) is 72.8 Å². The van der Waals surface area contributed by atoms with E-state index in [4.69, 9.17) is 30.5 Å². The molecule has 0 unspecified atom stereocenters. The molecule has 2 heterocycles. The molecule has 0 saturated carbocycles. The van der Waals surface area contributed by atoms with Gasteiger partial charge in [-0.2, -0.15) is 9.78 Å². The second-order valence-corrected chi connectivity index (χ2v) is 10.3. The highest BCUT2D eigenvalue weighted by molar-refractivity contribution is 9.10. The summed E-state index contributed by atoms with van der Waals surface area (Å²) in [6.07, 6.45) is 1.51. The Labute approximate surface area is 246 Å². The normalized spacial score (nSPS) is 11.5. The molecular formula is C31H20BrClFN3O4. The van der Waals surface area contributed by atoms with Crippen LogP contribution < -0.4 is 15.0 Å². The molecule has 6 aromatic rings. The molecule has 7 nitrogen and oxygen atoms in total. The van der Waals surface area contributed by atoms with Gasteiger partial charge in [-0.3, -0.25) is 4.79 Å². The van der Waals surface area contributed by atoms with Crippen LogP contribution in [0.1, 0.15) is 11.1 Å². The molecule has 4 aromatic carbocycles. The number of fused-ring (bicyclic) bond motifs is 2. The van der Waals surface area contributed by atoms with Crippen LogP contribution in [0.4, 0.5) is 4.39 Å². The molecule has 0 amide bonds. The molecule has 41 heavy (non-hydrogen) atoms. The highest BCUT2D eigenvalue weighted by Crippen LogP contribution is 2.34. The average molecular weight is 633 g/mol. The fraction of sp³-hybridized carbons (Fsp3) is 0.0645. The van der Waals surface area contributed by atoms with E-state index in [0.717, 1.165) is 5.39 Å². The molecule has 0 bridgehead atoms. The minimum absolute atomic E-state index is 0.0210. The van der Waals surface area contributed by atoms with Gasteiger partial charge in [0.05, 0.1) is 24.2 Å². The fourth-order valence-corrected chi connectivity index (χ4v) is 4.93. The predicted octanol–water partition coefficient (Wildman–Crippen LogP) is 7.83. The number of ether oxygens (including phenoxy) is 2. The van der Waals surface area contributed by atoms with Crippen LogP contribution in [-0.4, -0.2) is 23.0 Å². The lowest BCUT2D eigenvalue weighted by Gasteiger charge is -2.13. The van der Waals surface area contributed by atoms with Gasteiger partial charge in [0.25, 0.3) is 5.56 Å². The zero-order chi connectivity index (χ0) is 28.5. The molecule has 0 aliphatic heterocycles. The molecule has 0 N–H and O–H groups in total. The number of furan rings is 1. The molecule has 0 spiro atoms. The zero-order valence-corrected chi connectivity index (χ0v) is 23.8. The van der Waals surface area contributed by atoms with Gasteiger partial charge in [-0.05, 0) is 70.5 Å². The van der Waals surface area contributed by atoms with Crippen LogP contribution in [0.2, 0.25) is 5.02 Å². The Balaban J connectivity index is 1.40. The molecule has 0 aliphatic carbocycles. The summed E-state index contributed by atoms with van der Waals surface area (Å²) < 4.78 is 33.3. The number of benzene rings is 4. The lowest BCUT2D eigenvalue weighted by atomic mass is 10.2. The van der Waals surface area contributed by atoms with Crippen LogP contribution in [0.25, 0.3) is 33.5 Å². The first-order chi connectivity index (χ1) is 19.9. The zero-order valence-electron chi connectivity index (χ0n) is 21.5. The third kappa shape index (κ3) is 5.33. The molecule has 0 radical (unpaired) electrons. The molecule has 0 atom stereocenters. The van der Waals surface area contributed by atoms with Crippen LogP contribution in [0.3, 0.4) is 0 Å². The third-order valence-corrected chi connectivity index (χ3v) is 7.31. The van der Waals surface area contributed by atoms with Crippen molar-refractivity contribution in [3.05, 3.63) is 122 Å². The van der Waals surface area contributed by atoms with Crippen LogP contribution in [0, 0.1) is 5.82 Å². The molecule has 10 heteroatoms. The average Bonchev–Trinajstić information content (AvgIpc) is 3.40. The molecule has 6 rings (SSSR count). The topological polar surface area (TPSA) is 78.9 Å². The summed E-state index contributed by atoms with van der Waals surface area (Å²) in [7, 11) is 1.50. The SMILES string of the molecule is COc1cc(C=Nn2c(-c3cc4cc(Cl)ccc4o3)nc3ccccc3c2=O)c(Br)cc1OCc1ccccc1F. The summed E-state index contributed by atoms with van der Waals surface area (Å²) in [6.45, 7) is 0.0210. The van der Waals surface area contributed by atoms with E-state index in [1.807, 2.05) is 6.07 Å². The van der Waals surface area contributed by atoms with E-state index in [9.17, 15) is 9.18 Å². The maximum atomic E-state index is 14.1. The third-order valence-electron chi connectivity index (χ3n) is 6.39. The number of hydrogen-bond acceptors (Lipinski definition) is 6. The number of nitrogens with zero attached hydrogens (tertiary/aromatic N) is 3. The minimum Gasteiger partial charge on any atom is -0.493 e. The molecular weight excluding hydrogens is 613 g/mol. The summed E-state index contributed by atoms with van der Waals surface area (Å²) in [4.78, 5) is 18.3. The Bertz CT molecular complexity index is 2020. The Kier molecular flexibility index (Phi) is 7.30. The lowest BCUT2D eigenvalue weighted by Crippen LogP contribution is -2.20. The number of halogens is 3. The lowest BCUT2D eigenvalue weighted by molar-refractivity contribution is 0.279. The van der Waals surface area contributed by atoms with Crippen molar-refractivity contribution in [1.29, 1.82) is 0 Å². The Morgan fingerprint density at radius 2 is 1.85 bits per heavy atom. The highest BCUT2D eigenvalue weighted by Gasteiger charge is 2.17. The fourth-order valence-electron chi connectivity index (χ4n) is 4.33. The maximum Gasteiger partial charge on any atom is 0.282 e. The summed E-state index contributed by atoms with van der Waals surface area (Å²) in [5, 5.41) is 6.25. The second kappa shape index (κ2) is 11.2. The van der Waals surface area contributed by atoms with Crippen molar-refractivity contribution in [2.24, 2.45) is 5.10 Å². The largest absolute Gasteiger partial charge is 0.493 e. The Hall–Kier alpha value is -4.47. The van der Waals surface area contributed by atoms with Crippen molar-refractivity contribution in [2.45, 2.75) is 6.61 Å². The van der Waals surface area contributed by atoms with Gasteiger partial charge in [0, 0.05) is 26.0 Å². The summed E-state index contributed by atoms with van der Waals surface area (Å²) >= 11 is 9.70. The molecule has 0 aliphatic rings. The van der Waals surface area contributed by atoms with Crippen molar-refractivity contribution >= 4 is 55.6 Å². The quantitative estimate of drug-likeness (QED) is 0.168. The molecule has 204 valence electrons. The van der Waals surface area contributed by atoms with Crippen molar-refractivity contribution in [1.82, 2.24) is 9.66 Å². The van der Waals surface area contributed by atoms with E-state index in [2.05, 4.69) is 21.0 Å². The predicted molar refractivity (Wildman–Crippen MR) is 161 cm³/mol. The summed E-state index contributed by atoms with van der Waals surface area (Å²) in [6, 6.07) is 23.9. The second-order valence-electron chi connectivity index (χ2n) is 9.01. The number of aromatic nitrogens is 2. The Morgan fingerprint density at radius 1 is 1.05 bits per heavy atom. The minimum atomic E-state index is -0.367. The van der Waals surface area contributed by atoms with Gasteiger partial charge < -0.3 is 13.9 Å². The summed E-state index contributed by atoms with van der Waals surface area (Å²) in [5.41, 5.74) is 1.76. The van der Waals surface area contributed by atoms with Gasteiger partial charge in [-0.25, -0.2) is 9.37 Å². The summed E-state index contributed by atoms with van der Waals surface area (Å²) in [5.74, 6) is 1.04. The van der Waals surface area contributed by atoms with Gasteiger partial charge in [0.15, 0.2) is 17.3 Å². The number of para-hydroxylation sites is 1. The van der Waals surface area contributed by atoms with E-state index >= 15 is 0 Å². The van der Waals surface area contributed by atoms with Crippen molar-refractivity contribution in [3.63, 3.8) is 0 Å². The first-order valence-corrected chi connectivity index (χ1v) is 13.6. The van der Waals surface area contributed by atoms with E-state index < -0.39 is 0 Å². The van der Waals surface area contributed by atoms with Gasteiger partial charge in [0.2, 0.25) is 5.82 Å². The maximum absolute atomic E-state index is 14.1.